The van der Waals surface area contributed by atoms with Crippen molar-refractivity contribution in [2.24, 2.45) is 0 Å². The van der Waals surface area contributed by atoms with Gasteiger partial charge in [0.05, 0.1) is 11.4 Å². The predicted molar refractivity (Wildman–Crippen MR) is 419 cm³/mol. The van der Waals surface area contributed by atoms with Crippen LogP contribution in [0.15, 0.2) is 328 Å². The molecule has 2 aliphatic heterocycles. The summed E-state index contributed by atoms with van der Waals surface area (Å²) < 4.78 is 0. The van der Waals surface area contributed by atoms with E-state index in [-0.39, 0.29) is 6.71 Å². The third kappa shape index (κ3) is 11.7. The Bertz CT molecular complexity index is 4800. The normalized spacial score (nSPS) is 14.3. The maximum absolute atomic E-state index is 6.08. The van der Waals surface area contributed by atoms with Gasteiger partial charge in [0.25, 0.3) is 6.71 Å². The van der Waals surface area contributed by atoms with Gasteiger partial charge >= 0.3 is 0 Å². The molecule has 3 nitrogen and oxygen atoms in total. The highest BCUT2D eigenvalue weighted by Crippen LogP contribution is 2.50. The Morgan fingerprint density at radius 3 is 0.859 bits per heavy atom. The number of aromatic nitrogens is 1. The fraction of sp³-hybridized carbons (Fsp3) is 0.126. The van der Waals surface area contributed by atoms with E-state index in [9.17, 15) is 0 Å². The zero-order valence-corrected chi connectivity index (χ0v) is 55.8. The Kier molecular flexibility index (Phi) is 15.9. The van der Waals surface area contributed by atoms with Crippen LogP contribution >= 0.6 is 0 Å². The number of hydrogen-bond acceptors (Lipinski definition) is 3. The second kappa shape index (κ2) is 26.3. The molecule has 0 saturated heterocycles. The van der Waals surface area contributed by atoms with Crippen LogP contribution in [0.2, 0.25) is 0 Å². The molecule has 0 atom stereocenters. The van der Waals surface area contributed by atoms with Gasteiger partial charge in [-0.05, 0) is 240 Å². The van der Waals surface area contributed by atoms with E-state index in [1.165, 1.54) is 148 Å². The van der Waals surface area contributed by atoms with Crippen LogP contribution < -0.4 is 26.2 Å². The summed E-state index contributed by atoms with van der Waals surface area (Å²) in [4.78, 5) is 11.4. The SMILES string of the molecule is c1ccc(-c2ccc(N3c4cc(C5CCCCC5)ccc4B4c5ccc(C6CCCCC6)cc5N(c5ccc(-c6ccccc6)cc5)c5cc(-c6cc(-c7cc(-c8ccccc8)cc(-c8ccccc8)c7)cc(-c7cc(-c8ccccc8)cc(-c8ccccc8)c7)n6)cc3c54)cc2)cc1. The molecule has 18 rings (SSSR count). The second-order valence-electron chi connectivity index (χ2n) is 27.9. The number of fused-ring (bicyclic) bond motifs is 4. The van der Waals surface area contributed by atoms with Crippen molar-refractivity contribution in [3.63, 3.8) is 0 Å². The first kappa shape index (κ1) is 60.1. The quantitative estimate of drug-likeness (QED) is 0.107. The molecule has 474 valence electrons. The first-order chi connectivity index (χ1) is 49.0. The Morgan fingerprint density at radius 1 is 0.232 bits per heavy atom. The first-order valence-electron chi connectivity index (χ1n) is 36.0. The van der Waals surface area contributed by atoms with Gasteiger partial charge in [0, 0.05) is 45.3 Å². The molecule has 1 aromatic heterocycles. The lowest BCUT2D eigenvalue weighted by Gasteiger charge is -2.45. The molecule has 99 heavy (non-hydrogen) atoms. The molecule has 2 aliphatic carbocycles. The van der Waals surface area contributed by atoms with Crippen molar-refractivity contribution in [1.29, 1.82) is 0 Å². The van der Waals surface area contributed by atoms with Gasteiger partial charge in [0.2, 0.25) is 0 Å². The molecule has 0 unspecified atom stereocenters. The van der Waals surface area contributed by atoms with Gasteiger partial charge in [-0.1, -0.05) is 269 Å². The Balaban J connectivity index is 0.932. The molecular weight excluding hydrogens is 1190 g/mol. The maximum Gasteiger partial charge on any atom is 0.252 e. The highest BCUT2D eigenvalue weighted by Gasteiger charge is 2.44. The number of benzene rings is 13. The number of hydrogen-bond donors (Lipinski definition) is 0. The van der Waals surface area contributed by atoms with E-state index in [1.807, 2.05) is 0 Å². The number of rotatable bonds is 13. The van der Waals surface area contributed by atoms with E-state index in [4.69, 9.17) is 4.98 Å². The van der Waals surface area contributed by atoms with Crippen LogP contribution in [0.4, 0.5) is 34.1 Å². The summed E-state index contributed by atoms with van der Waals surface area (Å²) in [7, 11) is 0. The molecule has 4 heteroatoms. The smallest absolute Gasteiger partial charge is 0.252 e. The fourth-order valence-electron chi connectivity index (χ4n) is 16.7. The Morgan fingerprint density at radius 2 is 0.515 bits per heavy atom. The lowest BCUT2D eigenvalue weighted by atomic mass is 9.33. The molecule has 2 fully saturated rings. The van der Waals surface area contributed by atoms with E-state index in [1.54, 1.807) is 0 Å². The number of pyridine rings is 1. The molecule has 13 aromatic carbocycles. The minimum Gasteiger partial charge on any atom is -0.311 e. The monoisotopic (exact) mass is 1270 g/mol. The highest BCUT2D eigenvalue weighted by atomic mass is 15.2. The molecule has 0 spiro atoms. The first-order valence-corrected chi connectivity index (χ1v) is 36.0. The molecule has 3 heterocycles. The van der Waals surface area contributed by atoms with Gasteiger partial charge in [0.15, 0.2) is 0 Å². The largest absolute Gasteiger partial charge is 0.311 e. The summed E-state index contributed by atoms with van der Waals surface area (Å²) in [5, 5.41) is 0. The van der Waals surface area contributed by atoms with Gasteiger partial charge in [0.1, 0.15) is 0 Å². The molecule has 0 radical (unpaired) electrons. The van der Waals surface area contributed by atoms with E-state index in [0.717, 1.165) is 78.4 Å². The zero-order valence-electron chi connectivity index (χ0n) is 55.8. The van der Waals surface area contributed by atoms with Crippen LogP contribution in [0, 0.1) is 0 Å². The van der Waals surface area contributed by atoms with Gasteiger partial charge in [-0.25, -0.2) is 4.98 Å². The molecule has 14 aromatic rings. The Labute approximate surface area is 583 Å². The number of nitrogens with zero attached hydrogens (tertiary/aromatic N) is 3. The number of anilines is 6. The summed E-state index contributed by atoms with van der Waals surface area (Å²) >= 11 is 0. The van der Waals surface area contributed by atoms with Crippen LogP contribution in [-0.4, -0.2) is 11.7 Å². The summed E-state index contributed by atoms with van der Waals surface area (Å²) in [6.07, 6.45) is 12.6. The van der Waals surface area contributed by atoms with Crippen molar-refractivity contribution >= 4 is 57.2 Å². The van der Waals surface area contributed by atoms with Crippen LogP contribution in [0.1, 0.15) is 87.2 Å². The third-order valence-corrected chi connectivity index (χ3v) is 21.8. The topological polar surface area (TPSA) is 19.4 Å². The van der Waals surface area contributed by atoms with Crippen LogP contribution in [0.25, 0.3) is 100 Å². The van der Waals surface area contributed by atoms with Crippen molar-refractivity contribution in [2.75, 3.05) is 9.80 Å². The van der Waals surface area contributed by atoms with Crippen molar-refractivity contribution in [1.82, 2.24) is 4.98 Å². The van der Waals surface area contributed by atoms with Crippen molar-refractivity contribution < 1.29 is 0 Å². The maximum atomic E-state index is 6.08. The van der Waals surface area contributed by atoms with Crippen molar-refractivity contribution in [2.45, 2.75) is 76.0 Å². The van der Waals surface area contributed by atoms with Gasteiger partial charge < -0.3 is 9.80 Å². The zero-order chi connectivity index (χ0) is 65.6. The van der Waals surface area contributed by atoms with Crippen molar-refractivity contribution in [3.8, 4) is 100 Å². The molecule has 0 bridgehead atoms. The van der Waals surface area contributed by atoms with Gasteiger partial charge in [-0.3, -0.25) is 0 Å². The third-order valence-electron chi connectivity index (χ3n) is 21.8. The molecule has 0 amide bonds. The second-order valence-corrected chi connectivity index (χ2v) is 27.9. The lowest BCUT2D eigenvalue weighted by molar-refractivity contribution is 0.444. The lowest BCUT2D eigenvalue weighted by Crippen LogP contribution is -2.61. The summed E-state index contributed by atoms with van der Waals surface area (Å²) in [5.74, 6) is 1.02. The van der Waals surface area contributed by atoms with Crippen LogP contribution in [0.3, 0.4) is 0 Å². The fourth-order valence-corrected chi connectivity index (χ4v) is 16.7. The Hall–Kier alpha value is -11.3. The molecule has 0 N–H and O–H groups in total. The molecule has 2 saturated carbocycles. The standard InChI is InChI=1S/C95H76BN3/c1-9-25-65(26-10-1)73-41-47-85(48-42-73)98-91-61-75(67-29-13-3-14-30-67)45-51-87(91)96-88-52-46-76(68-31-15-4-16-32-68)62-92(88)99(86-49-43-74(44-50-86)66-27-11-2-12-28-66)94-64-84(63-93(98)95(94)96)90-60-82(81-55-77(69-33-17-5-18-34-69)53-78(56-81)70-35-19-6-20-36-70)59-89(97-90)83-57-79(71-37-21-7-22-38-71)54-80(58-83)72-39-23-8-24-40-72/h1-2,5-12,17-28,33-64,67-68H,3-4,13-16,29-32H2. The molecular formula is C95H76BN3. The summed E-state index contributed by atoms with van der Waals surface area (Å²) in [5.41, 5.74) is 34.2. The van der Waals surface area contributed by atoms with E-state index in [2.05, 4.69) is 337 Å². The van der Waals surface area contributed by atoms with Gasteiger partial charge in [-0.2, -0.15) is 0 Å². The minimum absolute atomic E-state index is 0.0568. The highest BCUT2D eigenvalue weighted by molar-refractivity contribution is 7.00. The summed E-state index contributed by atoms with van der Waals surface area (Å²) in [6, 6.07) is 123. The van der Waals surface area contributed by atoms with Crippen LogP contribution in [0.5, 0.6) is 0 Å². The van der Waals surface area contributed by atoms with Crippen LogP contribution in [-0.2, 0) is 0 Å². The minimum atomic E-state index is -0.0568. The van der Waals surface area contributed by atoms with Crippen molar-refractivity contribution in [3.05, 3.63) is 339 Å². The molecule has 4 aliphatic rings. The summed E-state index contributed by atoms with van der Waals surface area (Å²) in [6.45, 7) is -0.0568. The average molecular weight is 1270 g/mol. The average Bonchev–Trinajstić information content (AvgIpc) is 0.695. The predicted octanol–water partition coefficient (Wildman–Crippen LogP) is 24.3. The van der Waals surface area contributed by atoms with E-state index < -0.39 is 0 Å². The van der Waals surface area contributed by atoms with E-state index >= 15 is 0 Å². The van der Waals surface area contributed by atoms with E-state index in [0.29, 0.717) is 11.8 Å². The van der Waals surface area contributed by atoms with Gasteiger partial charge in [-0.15, -0.1) is 0 Å².